The van der Waals surface area contributed by atoms with E-state index in [1.54, 1.807) is 42.3 Å². The first-order chi connectivity index (χ1) is 8.22. The summed E-state index contributed by atoms with van der Waals surface area (Å²) < 4.78 is 1.77. The zero-order valence-corrected chi connectivity index (χ0v) is 10.1. The van der Waals surface area contributed by atoms with Gasteiger partial charge in [0, 0.05) is 18.8 Å². The summed E-state index contributed by atoms with van der Waals surface area (Å²) in [4.78, 5) is 15.4. The Hall–Kier alpha value is -1.81. The Bertz CT molecular complexity index is 523. The lowest BCUT2D eigenvalue weighted by molar-refractivity contribution is -0.115. The number of para-hydroxylation sites is 1. The van der Waals surface area contributed by atoms with E-state index in [2.05, 4.69) is 10.3 Å². The van der Waals surface area contributed by atoms with Crippen molar-refractivity contribution in [2.45, 2.75) is 13.3 Å². The molecule has 88 valence electrons. The standard InChI is InChI=1S/C12H12ClN3O/c1-2-11(17)15-10-5-3-4-9(13)12(10)16-7-6-14-8-16/h3-8H,2H2,1H3,(H,15,17). The number of hydrogen-bond acceptors (Lipinski definition) is 2. The minimum absolute atomic E-state index is 0.0476. The van der Waals surface area contributed by atoms with Gasteiger partial charge in [-0.15, -0.1) is 0 Å². The monoisotopic (exact) mass is 249 g/mol. The molecule has 2 rings (SSSR count). The van der Waals surface area contributed by atoms with Gasteiger partial charge in [0.25, 0.3) is 0 Å². The van der Waals surface area contributed by atoms with Gasteiger partial charge in [-0.2, -0.15) is 0 Å². The van der Waals surface area contributed by atoms with Gasteiger partial charge in [0.1, 0.15) is 0 Å². The maximum absolute atomic E-state index is 11.4. The number of rotatable bonds is 3. The highest BCUT2D eigenvalue weighted by Crippen LogP contribution is 2.28. The summed E-state index contributed by atoms with van der Waals surface area (Å²) in [6, 6.07) is 5.39. The molecule has 1 amide bonds. The van der Waals surface area contributed by atoms with Crippen molar-refractivity contribution in [1.29, 1.82) is 0 Å². The van der Waals surface area contributed by atoms with Crippen LogP contribution in [-0.2, 0) is 4.79 Å². The highest BCUT2D eigenvalue weighted by molar-refractivity contribution is 6.33. The maximum atomic E-state index is 11.4. The summed E-state index contributed by atoms with van der Waals surface area (Å²) in [6.07, 6.45) is 5.51. The molecule has 0 saturated carbocycles. The van der Waals surface area contributed by atoms with Crippen LogP contribution in [0.1, 0.15) is 13.3 Å². The molecule has 0 fully saturated rings. The Balaban J connectivity index is 2.45. The van der Waals surface area contributed by atoms with Crippen molar-refractivity contribution in [3.8, 4) is 5.69 Å². The normalized spacial score (nSPS) is 10.2. The molecule has 1 heterocycles. The number of nitrogens with one attached hydrogen (secondary N) is 1. The molecule has 0 unspecified atom stereocenters. The van der Waals surface area contributed by atoms with E-state index in [9.17, 15) is 4.79 Å². The van der Waals surface area contributed by atoms with E-state index in [1.807, 2.05) is 6.07 Å². The summed E-state index contributed by atoms with van der Waals surface area (Å²) >= 11 is 6.15. The molecule has 0 radical (unpaired) electrons. The molecule has 1 aromatic heterocycles. The maximum Gasteiger partial charge on any atom is 0.224 e. The van der Waals surface area contributed by atoms with Crippen LogP contribution in [-0.4, -0.2) is 15.5 Å². The highest BCUT2D eigenvalue weighted by atomic mass is 35.5. The van der Waals surface area contributed by atoms with Gasteiger partial charge in [-0.1, -0.05) is 24.6 Å². The molecule has 0 aliphatic heterocycles. The van der Waals surface area contributed by atoms with Gasteiger partial charge in [0.05, 0.1) is 22.7 Å². The molecule has 4 nitrogen and oxygen atoms in total. The minimum Gasteiger partial charge on any atom is -0.324 e. The number of aromatic nitrogens is 2. The third kappa shape index (κ3) is 2.47. The van der Waals surface area contributed by atoms with Crippen LogP contribution in [0.3, 0.4) is 0 Å². The molecule has 0 aliphatic carbocycles. The second-order valence-corrected chi connectivity index (χ2v) is 3.91. The number of imidazole rings is 1. The van der Waals surface area contributed by atoms with Crippen molar-refractivity contribution in [2.75, 3.05) is 5.32 Å². The highest BCUT2D eigenvalue weighted by Gasteiger charge is 2.10. The van der Waals surface area contributed by atoms with Crippen LogP contribution in [0.2, 0.25) is 5.02 Å². The number of carbonyl (C=O) groups is 1. The van der Waals surface area contributed by atoms with Crippen LogP contribution >= 0.6 is 11.6 Å². The third-order valence-corrected chi connectivity index (χ3v) is 2.65. The quantitative estimate of drug-likeness (QED) is 0.909. The number of amides is 1. The van der Waals surface area contributed by atoms with E-state index in [1.165, 1.54) is 0 Å². The Morgan fingerprint density at radius 1 is 1.53 bits per heavy atom. The number of halogens is 1. The SMILES string of the molecule is CCC(=O)Nc1cccc(Cl)c1-n1ccnc1. The van der Waals surface area contributed by atoms with E-state index in [4.69, 9.17) is 11.6 Å². The molecular weight excluding hydrogens is 238 g/mol. The summed E-state index contributed by atoms with van der Waals surface area (Å²) in [5, 5.41) is 3.38. The predicted octanol–water partition coefficient (Wildman–Crippen LogP) is 2.87. The van der Waals surface area contributed by atoms with Crippen LogP contribution in [0.4, 0.5) is 5.69 Å². The zero-order chi connectivity index (χ0) is 12.3. The van der Waals surface area contributed by atoms with Crippen molar-refractivity contribution in [2.24, 2.45) is 0 Å². The lowest BCUT2D eigenvalue weighted by Gasteiger charge is -2.12. The zero-order valence-electron chi connectivity index (χ0n) is 9.35. The summed E-state index contributed by atoms with van der Waals surface area (Å²) in [5.74, 6) is -0.0476. The average Bonchev–Trinajstić information content (AvgIpc) is 2.82. The van der Waals surface area contributed by atoms with Gasteiger partial charge in [-0.25, -0.2) is 4.98 Å². The molecule has 0 spiro atoms. The second-order valence-electron chi connectivity index (χ2n) is 3.51. The molecular formula is C12H12ClN3O. The molecule has 0 aliphatic rings. The number of nitrogens with zero attached hydrogens (tertiary/aromatic N) is 2. The second kappa shape index (κ2) is 5.01. The van der Waals surface area contributed by atoms with Crippen LogP contribution in [0, 0.1) is 0 Å². The number of anilines is 1. The topological polar surface area (TPSA) is 46.9 Å². The Morgan fingerprint density at radius 2 is 2.35 bits per heavy atom. The Kier molecular flexibility index (Phi) is 3.44. The first kappa shape index (κ1) is 11.7. The Labute approximate surface area is 104 Å². The lowest BCUT2D eigenvalue weighted by Crippen LogP contribution is -2.11. The predicted molar refractivity (Wildman–Crippen MR) is 67.5 cm³/mol. The van der Waals surface area contributed by atoms with Crippen molar-refractivity contribution in [3.05, 3.63) is 41.9 Å². The van der Waals surface area contributed by atoms with Crippen LogP contribution in [0.5, 0.6) is 0 Å². The van der Waals surface area contributed by atoms with Gasteiger partial charge in [0.15, 0.2) is 0 Å². The fourth-order valence-electron chi connectivity index (χ4n) is 1.51. The van der Waals surface area contributed by atoms with Gasteiger partial charge >= 0.3 is 0 Å². The number of benzene rings is 1. The van der Waals surface area contributed by atoms with E-state index in [0.717, 1.165) is 5.69 Å². The van der Waals surface area contributed by atoms with E-state index < -0.39 is 0 Å². The van der Waals surface area contributed by atoms with Crippen LogP contribution in [0.25, 0.3) is 5.69 Å². The van der Waals surface area contributed by atoms with E-state index in [0.29, 0.717) is 17.1 Å². The fourth-order valence-corrected chi connectivity index (χ4v) is 1.78. The van der Waals surface area contributed by atoms with Gasteiger partial charge < -0.3 is 9.88 Å². The van der Waals surface area contributed by atoms with Gasteiger partial charge in [0.2, 0.25) is 5.91 Å². The van der Waals surface area contributed by atoms with Crippen molar-refractivity contribution in [3.63, 3.8) is 0 Å². The number of hydrogen-bond donors (Lipinski definition) is 1. The third-order valence-electron chi connectivity index (χ3n) is 2.34. The largest absolute Gasteiger partial charge is 0.324 e. The first-order valence-electron chi connectivity index (χ1n) is 5.29. The fraction of sp³-hybridized carbons (Fsp3) is 0.167. The smallest absolute Gasteiger partial charge is 0.224 e. The minimum atomic E-state index is -0.0476. The molecule has 0 atom stereocenters. The van der Waals surface area contributed by atoms with Crippen molar-refractivity contribution in [1.82, 2.24) is 9.55 Å². The van der Waals surface area contributed by atoms with Crippen LogP contribution in [0.15, 0.2) is 36.9 Å². The van der Waals surface area contributed by atoms with E-state index >= 15 is 0 Å². The lowest BCUT2D eigenvalue weighted by atomic mass is 10.2. The number of carbonyl (C=O) groups excluding carboxylic acids is 1. The van der Waals surface area contributed by atoms with Crippen molar-refractivity contribution >= 4 is 23.2 Å². The molecule has 5 heteroatoms. The molecule has 17 heavy (non-hydrogen) atoms. The van der Waals surface area contributed by atoms with E-state index in [-0.39, 0.29) is 5.91 Å². The average molecular weight is 250 g/mol. The van der Waals surface area contributed by atoms with Gasteiger partial charge in [-0.05, 0) is 12.1 Å². The van der Waals surface area contributed by atoms with Crippen LogP contribution < -0.4 is 5.32 Å². The van der Waals surface area contributed by atoms with Gasteiger partial charge in [-0.3, -0.25) is 4.79 Å². The summed E-state index contributed by atoms with van der Waals surface area (Å²) in [6.45, 7) is 1.80. The van der Waals surface area contributed by atoms with Crippen molar-refractivity contribution < 1.29 is 4.79 Å². The molecule has 1 aromatic carbocycles. The Morgan fingerprint density at radius 3 is 3.00 bits per heavy atom. The molecule has 2 aromatic rings. The first-order valence-corrected chi connectivity index (χ1v) is 5.67. The molecule has 1 N–H and O–H groups in total. The molecule has 0 bridgehead atoms. The summed E-state index contributed by atoms with van der Waals surface area (Å²) in [7, 11) is 0. The summed E-state index contributed by atoms with van der Waals surface area (Å²) in [5.41, 5.74) is 1.41. The molecule has 0 saturated heterocycles.